The quantitative estimate of drug-likeness (QED) is 0.570. The lowest BCUT2D eigenvalue weighted by Gasteiger charge is -2.34. The summed E-state index contributed by atoms with van der Waals surface area (Å²) < 4.78 is 5.17. The van der Waals surface area contributed by atoms with Crippen LogP contribution < -0.4 is 4.74 Å². The van der Waals surface area contributed by atoms with Gasteiger partial charge in [-0.05, 0) is 29.8 Å². The summed E-state index contributed by atoms with van der Waals surface area (Å²) in [6, 6.07) is 15.5. The zero-order valence-corrected chi connectivity index (χ0v) is 18.5. The molecule has 4 rings (SSSR count). The minimum Gasteiger partial charge on any atom is -0.497 e. The maximum atomic E-state index is 12.6. The standard InChI is InChI=1S/C23H24ClN3O2S/c1-29-21-8-2-17(3-9-21)14-22(28)27-12-10-26(11-13-27)15-20-16-30-23(25-20)18-4-6-19(24)7-5-18/h2-9,16H,10-15H2,1H3. The van der Waals surface area contributed by atoms with E-state index in [9.17, 15) is 4.79 Å². The Labute approximate surface area is 185 Å². The van der Waals surface area contributed by atoms with Crippen molar-refractivity contribution in [1.29, 1.82) is 0 Å². The molecule has 0 saturated carbocycles. The summed E-state index contributed by atoms with van der Waals surface area (Å²) in [5.41, 5.74) is 3.17. The van der Waals surface area contributed by atoms with Crippen LogP contribution in [0.4, 0.5) is 0 Å². The third-order valence-corrected chi connectivity index (χ3v) is 6.46. The number of carbonyl (C=O) groups is 1. The molecule has 0 atom stereocenters. The SMILES string of the molecule is COc1ccc(CC(=O)N2CCN(Cc3csc(-c4ccc(Cl)cc4)n3)CC2)cc1. The number of piperazine rings is 1. The molecule has 3 aromatic rings. The molecule has 0 bridgehead atoms. The molecule has 0 unspecified atom stereocenters. The van der Waals surface area contributed by atoms with Gasteiger partial charge < -0.3 is 9.64 Å². The van der Waals surface area contributed by atoms with Crippen LogP contribution in [0.1, 0.15) is 11.3 Å². The fourth-order valence-corrected chi connectivity index (χ4v) is 4.46. The average molecular weight is 442 g/mol. The van der Waals surface area contributed by atoms with Crippen molar-refractivity contribution in [3.8, 4) is 16.3 Å². The lowest BCUT2D eigenvalue weighted by Crippen LogP contribution is -2.48. The summed E-state index contributed by atoms with van der Waals surface area (Å²) in [6.45, 7) is 4.04. The predicted octanol–water partition coefficient (Wildman–Crippen LogP) is 4.36. The molecule has 1 amide bonds. The van der Waals surface area contributed by atoms with E-state index in [0.29, 0.717) is 6.42 Å². The second kappa shape index (κ2) is 9.60. The monoisotopic (exact) mass is 441 g/mol. The van der Waals surface area contributed by atoms with Gasteiger partial charge in [-0.3, -0.25) is 9.69 Å². The van der Waals surface area contributed by atoms with Crippen LogP contribution in [0.15, 0.2) is 53.9 Å². The van der Waals surface area contributed by atoms with Crippen LogP contribution >= 0.6 is 22.9 Å². The van der Waals surface area contributed by atoms with Crippen molar-refractivity contribution in [3.63, 3.8) is 0 Å². The van der Waals surface area contributed by atoms with Gasteiger partial charge in [0.05, 0.1) is 19.2 Å². The van der Waals surface area contributed by atoms with E-state index in [-0.39, 0.29) is 5.91 Å². The van der Waals surface area contributed by atoms with Crippen LogP contribution in [0.5, 0.6) is 5.75 Å². The highest BCUT2D eigenvalue weighted by Gasteiger charge is 2.22. The highest BCUT2D eigenvalue weighted by Crippen LogP contribution is 2.25. The summed E-state index contributed by atoms with van der Waals surface area (Å²) in [4.78, 5) is 21.7. The molecule has 0 spiro atoms. The number of methoxy groups -OCH3 is 1. The molecule has 2 aromatic carbocycles. The van der Waals surface area contributed by atoms with Gasteiger partial charge in [0.1, 0.15) is 10.8 Å². The molecule has 1 fully saturated rings. The summed E-state index contributed by atoms with van der Waals surface area (Å²) >= 11 is 7.62. The molecule has 0 aliphatic carbocycles. The van der Waals surface area contributed by atoms with Gasteiger partial charge in [0.15, 0.2) is 0 Å². The van der Waals surface area contributed by atoms with Crippen molar-refractivity contribution in [3.05, 3.63) is 70.2 Å². The second-order valence-electron chi connectivity index (χ2n) is 7.33. The number of ether oxygens (including phenoxy) is 1. The van der Waals surface area contributed by atoms with E-state index in [1.54, 1.807) is 18.4 Å². The highest BCUT2D eigenvalue weighted by atomic mass is 35.5. The summed E-state index contributed by atoms with van der Waals surface area (Å²) in [5.74, 6) is 0.986. The Morgan fingerprint density at radius 1 is 1.07 bits per heavy atom. The summed E-state index contributed by atoms with van der Waals surface area (Å²) in [7, 11) is 1.64. The molecule has 2 heterocycles. The van der Waals surface area contributed by atoms with Crippen molar-refractivity contribution >= 4 is 28.8 Å². The maximum Gasteiger partial charge on any atom is 0.227 e. The number of carbonyl (C=O) groups excluding carboxylic acids is 1. The Kier molecular flexibility index (Phi) is 6.67. The van der Waals surface area contributed by atoms with Gasteiger partial charge in [-0.1, -0.05) is 35.9 Å². The first kappa shape index (κ1) is 20.8. The second-order valence-corrected chi connectivity index (χ2v) is 8.63. The van der Waals surface area contributed by atoms with Gasteiger partial charge in [0.25, 0.3) is 0 Å². The number of thiazole rings is 1. The number of amides is 1. The van der Waals surface area contributed by atoms with Crippen LogP contribution in [-0.2, 0) is 17.8 Å². The van der Waals surface area contributed by atoms with Gasteiger partial charge in [0, 0.05) is 48.7 Å². The third kappa shape index (κ3) is 5.19. The fraction of sp³-hybridized carbons (Fsp3) is 0.304. The Hall–Kier alpha value is -2.41. The number of halogens is 1. The smallest absolute Gasteiger partial charge is 0.227 e. The lowest BCUT2D eigenvalue weighted by molar-refractivity contribution is -0.132. The topological polar surface area (TPSA) is 45.7 Å². The Bertz CT molecular complexity index is 980. The van der Waals surface area contributed by atoms with Crippen molar-refractivity contribution in [1.82, 2.24) is 14.8 Å². The molecule has 0 N–H and O–H groups in total. The number of benzene rings is 2. The first-order chi connectivity index (χ1) is 14.6. The van der Waals surface area contributed by atoms with E-state index in [1.165, 1.54) is 0 Å². The molecule has 1 aliphatic rings. The van der Waals surface area contributed by atoms with Crippen LogP contribution in [0, 0.1) is 0 Å². The number of aromatic nitrogens is 1. The van der Waals surface area contributed by atoms with E-state index in [1.807, 2.05) is 53.4 Å². The normalized spacial score (nSPS) is 14.7. The minimum absolute atomic E-state index is 0.179. The first-order valence-corrected chi connectivity index (χ1v) is 11.2. The van der Waals surface area contributed by atoms with Gasteiger partial charge >= 0.3 is 0 Å². The molecule has 30 heavy (non-hydrogen) atoms. The number of hydrogen-bond acceptors (Lipinski definition) is 5. The van der Waals surface area contributed by atoms with Crippen molar-refractivity contribution < 1.29 is 9.53 Å². The van der Waals surface area contributed by atoms with Gasteiger partial charge in [-0.25, -0.2) is 4.98 Å². The molecular weight excluding hydrogens is 418 g/mol. The molecule has 1 aliphatic heterocycles. The molecule has 5 nitrogen and oxygen atoms in total. The van der Waals surface area contributed by atoms with Crippen molar-refractivity contribution in [2.45, 2.75) is 13.0 Å². The first-order valence-electron chi connectivity index (χ1n) is 9.94. The van der Waals surface area contributed by atoms with Crippen LogP contribution in [0.2, 0.25) is 5.02 Å². The summed E-state index contributed by atoms with van der Waals surface area (Å²) in [6.07, 6.45) is 0.431. The zero-order chi connectivity index (χ0) is 20.9. The molecule has 7 heteroatoms. The Morgan fingerprint density at radius 3 is 2.43 bits per heavy atom. The molecule has 0 radical (unpaired) electrons. The highest BCUT2D eigenvalue weighted by molar-refractivity contribution is 7.13. The average Bonchev–Trinajstić information content (AvgIpc) is 3.23. The molecular formula is C23H24ClN3O2S. The number of hydrogen-bond donors (Lipinski definition) is 0. The third-order valence-electron chi connectivity index (χ3n) is 5.27. The Morgan fingerprint density at radius 2 is 1.77 bits per heavy atom. The fourth-order valence-electron chi connectivity index (χ4n) is 3.52. The van der Waals surface area contributed by atoms with Gasteiger partial charge in [-0.15, -0.1) is 11.3 Å². The lowest BCUT2D eigenvalue weighted by atomic mass is 10.1. The van der Waals surface area contributed by atoms with Crippen molar-refractivity contribution in [2.24, 2.45) is 0 Å². The number of nitrogens with zero attached hydrogens (tertiary/aromatic N) is 3. The van der Waals surface area contributed by atoms with Gasteiger partial charge in [0.2, 0.25) is 5.91 Å². The molecule has 1 saturated heterocycles. The van der Waals surface area contributed by atoms with E-state index >= 15 is 0 Å². The van der Waals surface area contributed by atoms with Crippen LogP contribution in [0.25, 0.3) is 10.6 Å². The van der Waals surface area contributed by atoms with Crippen LogP contribution in [-0.4, -0.2) is 54.0 Å². The van der Waals surface area contributed by atoms with E-state index in [2.05, 4.69) is 10.3 Å². The largest absolute Gasteiger partial charge is 0.497 e. The van der Waals surface area contributed by atoms with Crippen LogP contribution in [0.3, 0.4) is 0 Å². The van der Waals surface area contributed by atoms with Crippen molar-refractivity contribution in [2.75, 3.05) is 33.3 Å². The zero-order valence-electron chi connectivity index (χ0n) is 16.9. The number of rotatable bonds is 6. The van der Waals surface area contributed by atoms with E-state index in [4.69, 9.17) is 21.3 Å². The van der Waals surface area contributed by atoms with Gasteiger partial charge in [-0.2, -0.15) is 0 Å². The van der Waals surface area contributed by atoms with E-state index in [0.717, 1.165) is 65.3 Å². The minimum atomic E-state index is 0.179. The summed E-state index contributed by atoms with van der Waals surface area (Å²) in [5, 5.41) is 3.86. The van der Waals surface area contributed by atoms with E-state index < -0.39 is 0 Å². The molecule has 156 valence electrons. The molecule has 1 aromatic heterocycles. The maximum absolute atomic E-state index is 12.6. The predicted molar refractivity (Wildman–Crippen MR) is 121 cm³/mol. The Balaban J connectivity index is 1.27.